The van der Waals surface area contributed by atoms with Crippen LogP contribution in [0.1, 0.15) is 13.2 Å². The summed E-state index contributed by atoms with van der Waals surface area (Å²) in [7, 11) is 0. The van der Waals surface area contributed by atoms with Gasteiger partial charge in [0.05, 0.1) is 6.61 Å². The fraction of sp³-hybridized carbons (Fsp3) is 0.462. The van der Waals surface area contributed by atoms with Gasteiger partial charge in [-0.15, -0.1) is 0 Å². The molecule has 0 amide bonds. The molecule has 2 aromatic rings. The van der Waals surface area contributed by atoms with Crippen molar-refractivity contribution in [2.75, 3.05) is 12.3 Å². The van der Waals surface area contributed by atoms with E-state index in [9.17, 15) is 20.1 Å². The number of pyridine rings is 1. The molecule has 3 rings (SSSR count). The Labute approximate surface area is 124 Å². The number of fused-ring (bicyclic) bond motifs is 1. The van der Waals surface area contributed by atoms with E-state index in [1.54, 1.807) is 0 Å². The monoisotopic (exact) mass is 308 g/mol. The summed E-state index contributed by atoms with van der Waals surface area (Å²) in [5, 5.41) is 29.8. The highest BCUT2D eigenvalue weighted by Gasteiger charge is 2.51. The van der Waals surface area contributed by atoms with Crippen LogP contribution in [0, 0.1) is 0 Å². The smallest absolute Gasteiger partial charge is 0.194 e. The summed E-state index contributed by atoms with van der Waals surface area (Å²) in [6.07, 6.45) is -1.04. The molecular weight excluding hydrogens is 292 g/mol. The Morgan fingerprint density at radius 1 is 1.45 bits per heavy atom. The van der Waals surface area contributed by atoms with Gasteiger partial charge in [0, 0.05) is 12.3 Å². The van der Waals surface area contributed by atoms with E-state index < -0.39 is 30.6 Å². The zero-order valence-corrected chi connectivity index (χ0v) is 11.7. The van der Waals surface area contributed by atoms with Gasteiger partial charge in [0.1, 0.15) is 35.3 Å². The van der Waals surface area contributed by atoms with Gasteiger partial charge in [0.25, 0.3) is 0 Å². The van der Waals surface area contributed by atoms with Crippen LogP contribution in [-0.2, 0) is 4.74 Å². The normalized spacial score (nSPS) is 31.7. The van der Waals surface area contributed by atoms with Crippen LogP contribution in [0.3, 0.4) is 0 Å². The van der Waals surface area contributed by atoms with Gasteiger partial charge < -0.3 is 30.4 Å². The molecule has 5 N–H and O–H groups in total. The Hall–Kier alpha value is -2.07. The van der Waals surface area contributed by atoms with Gasteiger partial charge in [-0.05, 0) is 6.92 Å². The number of nitrogens with zero attached hydrogens (tertiary/aromatic N) is 3. The van der Waals surface area contributed by atoms with E-state index in [1.165, 1.54) is 30.1 Å². The fourth-order valence-corrected chi connectivity index (χ4v) is 2.61. The second-order valence-corrected chi connectivity index (χ2v) is 5.46. The lowest BCUT2D eigenvalue weighted by molar-refractivity contribution is -0.115. The first-order valence-electron chi connectivity index (χ1n) is 6.65. The minimum absolute atomic E-state index is 0.0160. The second-order valence-electron chi connectivity index (χ2n) is 5.46. The maximum absolute atomic E-state index is 11.9. The maximum atomic E-state index is 11.9. The second kappa shape index (κ2) is 4.99. The number of nitrogens with two attached hydrogens (primary N) is 1. The number of nitrogen functional groups attached to an aromatic ring is 1. The van der Waals surface area contributed by atoms with Crippen molar-refractivity contribution in [2.24, 2.45) is 0 Å². The van der Waals surface area contributed by atoms with Crippen molar-refractivity contribution < 1.29 is 20.1 Å². The standard InChI is InChI=1S/C13H16N4O5/c1-13(4-18)9(21)8(20)12(22-13)17-3-2-6(19)7-10(14)15-5-16-11(7)17/h2-3,5,8-9,12,18,20-21H,4H2,1H3,(H2,14,15,16). The molecule has 2 aromatic heterocycles. The van der Waals surface area contributed by atoms with Crippen molar-refractivity contribution >= 4 is 16.9 Å². The number of rotatable bonds is 2. The summed E-state index contributed by atoms with van der Waals surface area (Å²) < 4.78 is 7.00. The zero-order valence-electron chi connectivity index (χ0n) is 11.7. The van der Waals surface area contributed by atoms with Gasteiger partial charge in [-0.2, -0.15) is 0 Å². The lowest BCUT2D eigenvalue weighted by Crippen LogP contribution is -2.43. The van der Waals surface area contributed by atoms with E-state index in [-0.39, 0.29) is 22.3 Å². The third kappa shape index (κ3) is 1.98. The van der Waals surface area contributed by atoms with Gasteiger partial charge in [0.2, 0.25) is 0 Å². The Morgan fingerprint density at radius 2 is 2.18 bits per heavy atom. The quantitative estimate of drug-likeness (QED) is 0.518. The molecule has 0 radical (unpaired) electrons. The predicted molar refractivity (Wildman–Crippen MR) is 75.8 cm³/mol. The highest BCUT2D eigenvalue weighted by molar-refractivity contribution is 5.84. The number of aromatic nitrogens is 3. The number of anilines is 1. The topological polar surface area (TPSA) is 144 Å². The highest BCUT2D eigenvalue weighted by Crippen LogP contribution is 2.37. The number of aliphatic hydroxyl groups is 3. The van der Waals surface area contributed by atoms with Crippen molar-refractivity contribution in [2.45, 2.75) is 31.0 Å². The lowest BCUT2D eigenvalue weighted by Gasteiger charge is -2.24. The summed E-state index contributed by atoms with van der Waals surface area (Å²) in [5.74, 6) is 0.0160. The predicted octanol–water partition coefficient (Wildman–Crippen LogP) is -1.62. The van der Waals surface area contributed by atoms with E-state index in [1.807, 2.05) is 0 Å². The molecule has 3 heterocycles. The molecule has 0 saturated carbocycles. The molecule has 4 unspecified atom stereocenters. The van der Waals surface area contributed by atoms with E-state index in [4.69, 9.17) is 10.5 Å². The highest BCUT2D eigenvalue weighted by atomic mass is 16.6. The molecule has 9 heteroatoms. The SMILES string of the molecule is CC1(CO)OC(n2ccc(=O)c3c(N)ncnc32)C(O)C1O. The number of hydrogen-bond donors (Lipinski definition) is 4. The number of hydrogen-bond acceptors (Lipinski definition) is 8. The van der Waals surface area contributed by atoms with E-state index in [0.717, 1.165) is 0 Å². The minimum Gasteiger partial charge on any atom is -0.393 e. The molecule has 4 atom stereocenters. The summed E-state index contributed by atoms with van der Waals surface area (Å²) in [6.45, 7) is 1.01. The first-order chi connectivity index (χ1) is 10.4. The third-order valence-corrected chi connectivity index (χ3v) is 3.95. The van der Waals surface area contributed by atoms with Crippen LogP contribution < -0.4 is 11.2 Å². The molecule has 0 spiro atoms. The molecule has 1 saturated heterocycles. The molecule has 1 aliphatic heterocycles. The average molecular weight is 308 g/mol. The molecule has 118 valence electrons. The Bertz CT molecular complexity index is 779. The molecule has 1 fully saturated rings. The number of ether oxygens (including phenoxy) is 1. The first kappa shape index (κ1) is 14.9. The van der Waals surface area contributed by atoms with Crippen LogP contribution in [0.5, 0.6) is 0 Å². The minimum atomic E-state index is -1.32. The molecule has 9 nitrogen and oxygen atoms in total. The van der Waals surface area contributed by atoms with Crippen LogP contribution in [0.25, 0.3) is 11.0 Å². The van der Waals surface area contributed by atoms with Gasteiger partial charge in [-0.25, -0.2) is 9.97 Å². The van der Waals surface area contributed by atoms with Gasteiger partial charge in [-0.1, -0.05) is 0 Å². The molecule has 0 aliphatic carbocycles. The van der Waals surface area contributed by atoms with Crippen molar-refractivity contribution in [3.05, 3.63) is 28.8 Å². The largest absolute Gasteiger partial charge is 0.393 e. The molecule has 1 aliphatic rings. The van der Waals surface area contributed by atoms with Crippen LogP contribution in [0.4, 0.5) is 5.82 Å². The van der Waals surface area contributed by atoms with Crippen molar-refractivity contribution in [1.29, 1.82) is 0 Å². The average Bonchev–Trinajstić information content (AvgIpc) is 2.73. The van der Waals surface area contributed by atoms with E-state index >= 15 is 0 Å². The Balaban J connectivity index is 2.18. The molecule has 0 aromatic carbocycles. The van der Waals surface area contributed by atoms with Crippen LogP contribution in [-0.4, -0.2) is 54.3 Å². The fourth-order valence-electron chi connectivity index (χ4n) is 2.61. The first-order valence-corrected chi connectivity index (χ1v) is 6.65. The lowest BCUT2D eigenvalue weighted by atomic mass is 9.99. The van der Waals surface area contributed by atoms with E-state index in [0.29, 0.717) is 0 Å². The van der Waals surface area contributed by atoms with Crippen LogP contribution >= 0.6 is 0 Å². The summed E-state index contributed by atoms with van der Waals surface area (Å²) in [5.41, 5.74) is 4.21. The summed E-state index contributed by atoms with van der Waals surface area (Å²) >= 11 is 0. The summed E-state index contributed by atoms with van der Waals surface area (Å²) in [6, 6.07) is 1.25. The van der Waals surface area contributed by atoms with Gasteiger partial charge in [0.15, 0.2) is 17.3 Å². The van der Waals surface area contributed by atoms with Crippen molar-refractivity contribution in [3.63, 3.8) is 0 Å². The van der Waals surface area contributed by atoms with Crippen molar-refractivity contribution in [1.82, 2.24) is 14.5 Å². The Morgan fingerprint density at radius 3 is 2.82 bits per heavy atom. The van der Waals surface area contributed by atoms with Crippen LogP contribution in [0.15, 0.2) is 23.4 Å². The molecular formula is C13H16N4O5. The van der Waals surface area contributed by atoms with E-state index in [2.05, 4.69) is 9.97 Å². The number of aliphatic hydroxyl groups excluding tert-OH is 3. The Kier molecular flexibility index (Phi) is 3.37. The van der Waals surface area contributed by atoms with Gasteiger partial charge >= 0.3 is 0 Å². The molecule has 22 heavy (non-hydrogen) atoms. The molecule has 0 bridgehead atoms. The van der Waals surface area contributed by atoms with Gasteiger partial charge in [-0.3, -0.25) is 4.79 Å². The maximum Gasteiger partial charge on any atom is 0.194 e. The third-order valence-electron chi connectivity index (χ3n) is 3.95. The zero-order chi connectivity index (χ0) is 16.1. The van der Waals surface area contributed by atoms with Crippen LogP contribution in [0.2, 0.25) is 0 Å². The summed E-state index contributed by atoms with van der Waals surface area (Å²) in [4.78, 5) is 19.7. The van der Waals surface area contributed by atoms with Crippen molar-refractivity contribution in [3.8, 4) is 0 Å².